The molecule has 2 heterocycles. The van der Waals surface area contributed by atoms with Gasteiger partial charge in [-0.25, -0.2) is 9.79 Å². The number of aromatic hydroxyl groups is 1. The van der Waals surface area contributed by atoms with E-state index in [-0.39, 0.29) is 22.5 Å². The van der Waals surface area contributed by atoms with Gasteiger partial charge in [0.25, 0.3) is 11.5 Å². The number of fused-ring (bicyclic) bond motifs is 1. The second kappa shape index (κ2) is 6.18. The van der Waals surface area contributed by atoms with Gasteiger partial charge >= 0.3 is 5.69 Å². The predicted octanol–water partition coefficient (Wildman–Crippen LogP) is -0.0573. The van der Waals surface area contributed by atoms with Gasteiger partial charge in [-0.1, -0.05) is 24.3 Å². The van der Waals surface area contributed by atoms with E-state index in [9.17, 15) is 24.8 Å². The normalized spacial score (nSPS) is 14.3. The van der Waals surface area contributed by atoms with E-state index < -0.39 is 23.0 Å². The van der Waals surface area contributed by atoms with Gasteiger partial charge in [0.2, 0.25) is 5.88 Å². The molecule has 26 heavy (non-hydrogen) atoms. The molecule has 0 radical (unpaired) electrons. The van der Waals surface area contributed by atoms with Crippen molar-refractivity contribution < 1.29 is 9.90 Å². The van der Waals surface area contributed by atoms with Crippen LogP contribution < -0.4 is 11.2 Å². The monoisotopic (exact) mass is 351 g/mol. The number of amides is 1. The maximum atomic E-state index is 12.3. The Kier molecular flexibility index (Phi) is 4.02. The molecular formula is C17H13N5O4. The highest BCUT2D eigenvalue weighted by molar-refractivity contribution is 6.23. The highest BCUT2D eigenvalue weighted by Gasteiger charge is 2.30. The zero-order valence-electron chi connectivity index (χ0n) is 13.8. The molecule has 0 aliphatic carbocycles. The number of benzene rings is 1. The van der Waals surface area contributed by atoms with E-state index in [4.69, 9.17) is 0 Å². The zero-order chi connectivity index (χ0) is 19.0. The first-order chi connectivity index (χ1) is 12.3. The quantitative estimate of drug-likeness (QED) is 0.513. The molecule has 9 heteroatoms. The Morgan fingerprint density at radius 1 is 1.19 bits per heavy atom. The molecular weight excluding hydrogens is 338 g/mol. The SMILES string of the molecule is CN(C)C(=O)/C(C#N)=C1\N=C(c2c(O)[nH]c(=O)[nH]c2=O)c2ccccc21. The molecule has 0 spiro atoms. The molecule has 0 saturated carbocycles. The fourth-order valence-electron chi connectivity index (χ4n) is 2.63. The number of aromatic amines is 2. The molecule has 0 bridgehead atoms. The Labute approximate surface area is 146 Å². The minimum Gasteiger partial charge on any atom is -0.494 e. The van der Waals surface area contributed by atoms with Crippen LogP contribution in [0.2, 0.25) is 0 Å². The van der Waals surface area contributed by atoms with Crippen molar-refractivity contribution in [1.29, 1.82) is 5.26 Å². The van der Waals surface area contributed by atoms with Crippen molar-refractivity contribution >= 4 is 17.3 Å². The molecule has 1 aromatic heterocycles. The number of carbonyl (C=O) groups excluding carboxylic acids is 1. The number of carbonyl (C=O) groups is 1. The topological polar surface area (TPSA) is 142 Å². The Bertz CT molecular complexity index is 1140. The van der Waals surface area contributed by atoms with Crippen molar-refractivity contribution in [3.8, 4) is 11.9 Å². The summed E-state index contributed by atoms with van der Waals surface area (Å²) in [5.74, 6) is -1.19. The molecule has 0 unspecified atom stereocenters. The average Bonchev–Trinajstić information content (AvgIpc) is 2.94. The van der Waals surface area contributed by atoms with Gasteiger partial charge in [0.15, 0.2) is 0 Å². The van der Waals surface area contributed by atoms with Crippen LogP contribution in [0.3, 0.4) is 0 Å². The van der Waals surface area contributed by atoms with Gasteiger partial charge in [0.05, 0.1) is 11.4 Å². The van der Waals surface area contributed by atoms with E-state index in [1.807, 2.05) is 11.1 Å². The van der Waals surface area contributed by atoms with Gasteiger partial charge in [-0.05, 0) is 0 Å². The van der Waals surface area contributed by atoms with Crippen LogP contribution in [0.1, 0.15) is 16.7 Å². The number of likely N-dealkylation sites (N-methyl/N-ethyl adjacent to an activating group) is 1. The fraction of sp³-hybridized carbons (Fsp3) is 0.118. The van der Waals surface area contributed by atoms with Crippen molar-refractivity contribution in [2.75, 3.05) is 14.1 Å². The second-order valence-corrected chi connectivity index (χ2v) is 5.67. The summed E-state index contributed by atoms with van der Waals surface area (Å²) in [4.78, 5) is 45.4. The van der Waals surface area contributed by atoms with Gasteiger partial charge in [-0.15, -0.1) is 0 Å². The van der Waals surface area contributed by atoms with Crippen molar-refractivity contribution in [2.24, 2.45) is 4.99 Å². The molecule has 2 aromatic rings. The van der Waals surface area contributed by atoms with Crippen LogP contribution in [0, 0.1) is 11.3 Å². The number of nitrogens with one attached hydrogen (secondary N) is 2. The molecule has 9 nitrogen and oxygen atoms in total. The summed E-state index contributed by atoms with van der Waals surface area (Å²) in [6.07, 6.45) is 0. The van der Waals surface area contributed by atoms with Gasteiger partial charge in [0, 0.05) is 25.2 Å². The third-order valence-corrected chi connectivity index (χ3v) is 3.79. The number of aliphatic imine (C=N–C) groups is 1. The lowest BCUT2D eigenvalue weighted by Gasteiger charge is -2.10. The maximum absolute atomic E-state index is 12.3. The van der Waals surface area contributed by atoms with E-state index >= 15 is 0 Å². The Balaban J connectivity index is 2.36. The minimum atomic E-state index is -0.862. The van der Waals surface area contributed by atoms with Crippen LogP contribution in [0.5, 0.6) is 5.88 Å². The minimum absolute atomic E-state index is 0.0601. The summed E-state index contributed by atoms with van der Waals surface area (Å²) >= 11 is 0. The van der Waals surface area contributed by atoms with Crippen LogP contribution in [0.4, 0.5) is 0 Å². The van der Waals surface area contributed by atoms with Gasteiger partial charge in [-0.3, -0.25) is 19.6 Å². The maximum Gasteiger partial charge on any atom is 0.328 e. The summed E-state index contributed by atoms with van der Waals surface area (Å²) in [6.45, 7) is 0. The number of H-pyrrole nitrogens is 2. The second-order valence-electron chi connectivity index (χ2n) is 5.67. The van der Waals surface area contributed by atoms with Gasteiger partial charge in [-0.2, -0.15) is 5.26 Å². The average molecular weight is 351 g/mol. The lowest BCUT2D eigenvalue weighted by atomic mass is 9.99. The summed E-state index contributed by atoms with van der Waals surface area (Å²) in [5.41, 5.74) is -1.06. The van der Waals surface area contributed by atoms with E-state index in [0.29, 0.717) is 11.1 Å². The molecule has 1 amide bonds. The molecule has 1 aromatic carbocycles. The highest BCUT2D eigenvalue weighted by atomic mass is 16.3. The summed E-state index contributed by atoms with van der Waals surface area (Å²) in [5, 5.41) is 19.5. The first-order valence-corrected chi connectivity index (χ1v) is 7.45. The van der Waals surface area contributed by atoms with E-state index in [1.54, 1.807) is 24.3 Å². The van der Waals surface area contributed by atoms with E-state index in [1.165, 1.54) is 19.0 Å². The smallest absolute Gasteiger partial charge is 0.328 e. The fourth-order valence-corrected chi connectivity index (χ4v) is 2.63. The largest absolute Gasteiger partial charge is 0.494 e. The zero-order valence-corrected chi connectivity index (χ0v) is 13.8. The summed E-state index contributed by atoms with van der Waals surface area (Å²) in [7, 11) is 3.01. The van der Waals surface area contributed by atoms with Gasteiger partial charge < -0.3 is 10.0 Å². The van der Waals surface area contributed by atoms with Crippen LogP contribution in [-0.4, -0.2) is 45.7 Å². The Morgan fingerprint density at radius 3 is 2.42 bits per heavy atom. The summed E-state index contributed by atoms with van der Waals surface area (Å²) < 4.78 is 0. The first-order valence-electron chi connectivity index (χ1n) is 7.45. The molecule has 0 fully saturated rings. The Morgan fingerprint density at radius 2 is 1.85 bits per heavy atom. The molecule has 1 aliphatic rings. The van der Waals surface area contributed by atoms with Crippen molar-refractivity contribution in [3.63, 3.8) is 0 Å². The van der Waals surface area contributed by atoms with Crippen LogP contribution in [0.25, 0.3) is 5.70 Å². The lowest BCUT2D eigenvalue weighted by molar-refractivity contribution is -0.124. The summed E-state index contributed by atoms with van der Waals surface area (Å²) in [6, 6.07) is 8.53. The third kappa shape index (κ3) is 2.59. The molecule has 130 valence electrons. The molecule has 0 saturated heterocycles. The predicted molar refractivity (Wildman–Crippen MR) is 92.7 cm³/mol. The standard InChI is InChI=1S/C17H13N5O4/c1-22(2)16(25)10(7-18)12-8-5-3-4-6-9(8)13(19-12)11-14(23)20-17(26)21-15(11)24/h3-6H,1-2H3,(H3,20,21,23,24,26)/b12-10-. The Hall–Kier alpha value is -3.93. The van der Waals surface area contributed by atoms with Crippen molar-refractivity contribution in [3.05, 3.63) is 67.4 Å². The number of rotatable bonds is 2. The number of nitrogens with zero attached hydrogens (tertiary/aromatic N) is 3. The molecule has 3 N–H and O–H groups in total. The number of nitriles is 1. The molecule has 3 rings (SSSR count). The number of hydrogen-bond acceptors (Lipinski definition) is 6. The third-order valence-electron chi connectivity index (χ3n) is 3.79. The molecule has 1 aliphatic heterocycles. The van der Waals surface area contributed by atoms with E-state index in [2.05, 4.69) is 9.98 Å². The van der Waals surface area contributed by atoms with Crippen molar-refractivity contribution in [1.82, 2.24) is 14.9 Å². The first kappa shape index (κ1) is 16.9. The van der Waals surface area contributed by atoms with Crippen molar-refractivity contribution in [2.45, 2.75) is 0 Å². The molecule has 0 atom stereocenters. The number of hydrogen-bond donors (Lipinski definition) is 3. The van der Waals surface area contributed by atoms with Crippen LogP contribution in [0.15, 0.2) is 44.4 Å². The van der Waals surface area contributed by atoms with Gasteiger partial charge in [0.1, 0.15) is 17.2 Å². The van der Waals surface area contributed by atoms with Crippen LogP contribution >= 0.6 is 0 Å². The van der Waals surface area contributed by atoms with Crippen LogP contribution in [-0.2, 0) is 4.79 Å². The lowest BCUT2D eigenvalue weighted by Crippen LogP contribution is -2.27. The van der Waals surface area contributed by atoms with E-state index in [0.717, 1.165) is 0 Å². The number of aromatic nitrogens is 2. The highest BCUT2D eigenvalue weighted by Crippen LogP contribution is 2.34.